The lowest BCUT2D eigenvalue weighted by atomic mass is 9.81. The van der Waals surface area contributed by atoms with Crippen LogP contribution in [-0.2, 0) is 5.41 Å². The van der Waals surface area contributed by atoms with E-state index in [1.54, 1.807) is 0 Å². The second-order valence-electron chi connectivity index (χ2n) is 12.6. The number of benzene rings is 6. The number of rotatable bonds is 2. The zero-order valence-electron chi connectivity index (χ0n) is 24.9. The summed E-state index contributed by atoms with van der Waals surface area (Å²) in [6.45, 7) is 4.69. The van der Waals surface area contributed by atoms with Gasteiger partial charge in [-0.25, -0.2) is 9.97 Å². The van der Waals surface area contributed by atoms with Gasteiger partial charge >= 0.3 is 0 Å². The van der Waals surface area contributed by atoms with Gasteiger partial charge in [-0.1, -0.05) is 129 Å². The van der Waals surface area contributed by atoms with E-state index in [0.717, 1.165) is 44.2 Å². The van der Waals surface area contributed by atoms with Crippen LogP contribution in [0.3, 0.4) is 0 Å². The SMILES string of the molecule is CC1(C)c2ccccc2-c2ccc3c4ccccc4n(-c4nc(-c5ccccc5)nc5c4oc4ccc6ccccc6c45)c3c21. The summed E-state index contributed by atoms with van der Waals surface area (Å²) in [5.74, 6) is 1.43. The van der Waals surface area contributed by atoms with Crippen LogP contribution in [0.2, 0.25) is 0 Å². The second-order valence-corrected chi connectivity index (χ2v) is 12.6. The molecule has 0 atom stereocenters. The third-order valence-electron chi connectivity index (χ3n) is 9.78. The molecule has 0 fully saturated rings. The van der Waals surface area contributed by atoms with Crippen molar-refractivity contribution in [3.63, 3.8) is 0 Å². The van der Waals surface area contributed by atoms with Gasteiger partial charge in [-0.3, -0.25) is 4.57 Å². The molecule has 0 aliphatic heterocycles. The summed E-state index contributed by atoms with van der Waals surface area (Å²) in [6.07, 6.45) is 0. The molecule has 0 radical (unpaired) electrons. The van der Waals surface area contributed by atoms with Crippen LogP contribution in [0.4, 0.5) is 0 Å². The highest BCUT2D eigenvalue weighted by molar-refractivity contribution is 6.19. The summed E-state index contributed by atoms with van der Waals surface area (Å²) < 4.78 is 9.14. The molecule has 0 amide bonds. The van der Waals surface area contributed by atoms with Gasteiger partial charge in [0.15, 0.2) is 17.2 Å². The number of para-hydroxylation sites is 1. The van der Waals surface area contributed by atoms with Crippen molar-refractivity contribution < 1.29 is 4.42 Å². The molecule has 0 saturated carbocycles. The van der Waals surface area contributed by atoms with Gasteiger partial charge in [-0.15, -0.1) is 0 Å². The summed E-state index contributed by atoms with van der Waals surface area (Å²) in [4.78, 5) is 10.6. The lowest BCUT2D eigenvalue weighted by molar-refractivity contribution is 0.658. The monoisotopic (exact) mass is 577 g/mol. The van der Waals surface area contributed by atoms with Gasteiger partial charge in [0.2, 0.25) is 0 Å². The van der Waals surface area contributed by atoms with Gasteiger partial charge in [0.05, 0.1) is 16.4 Å². The maximum Gasteiger partial charge on any atom is 0.197 e. The van der Waals surface area contributed by atoms with E-state index in [-0.39, 0.29) is 5.41 Å². The fraction of sp³-hybridized carbons (Fsp3) is 0.0732. The Kier molecular flexibility index (Phi) is 4.76. The number of nitrogens with zero attached hydrogens (tertiary/aromatic N) is 3. The van der Waals surface area contributed by atoms with Crippen molar-refractivity contribution >= 4 is 54.6 Å². The summed E-state index contributed by atoms with van der Waals surface area (Å²) >= 11 is 0. The highest BCUT2D eigenvalue weighted by Gasteiger charge is 2.39. The van der Waals surface area contributed by atoms with E-state index in [1.807, 2.05) is 18.2 Å². The average molecular weight is 578 g/mol. The highest BCUT2D eigenvalue weighted by Crippen LogP contribution is 2.53. The Bertz CT molecular complexity index is 2680. The minimum absolute atomic E-state index is 0.212. The first-order valence-electron chi connectivity index (χ1n) is 15.4. The quantitative estimate of drug-likeness (QED) is 0.205. The molecule has 45 heavy (non-hydrogen) atoms. The molecule has 1 aliphatic rings. The molecule has 4 heteroatoms. The molecule has 0 saturated heterocycles. The van der Waals surface area contributed by atoms with E-state index in [1.165, 1.54) is 38.5 Å². The van der Waals surface area contributed by atoms with Crippen molar-refractivity contribution in [2.45, 2.75) is 19.3 Å². The van der Waals surface area contributed by atoms with E-state index in [2.05, 4.69) is 128 Å². The molecular weight excluding hydrogens is 550 g/mol. The normalized spacial score (nSPS) is 13.7. The molecular formula is C41H27N3O. The number of hydrogen-bond acceptors (Lipinski definition) is 3. The Labute approximate surface area is 259 Å². The van der Waals surface area contributed by atoms with E-state index < -0.39 is 0 Å². The van der Waals surface area contributed by atoms with E-state index in [0.29, 0.717) is 11.4 Å². The van der Waals surface area contributed by atoms with Crippen molar-refractivity contribution in [2.75, 3.05) is 0 Å². The molecule has 1 aliphatic carbocycles. The predicted molar refractivity (Wildman–Crippen MR) is 184 cm³/mol. The Morgan fingerprint density at radius 3 is 2.27 bits per heavy atom. The lowest BCUT2D eigenvalue weighted by Crippen LogP contribution is -2.16. The van der Waals surface area contributed by atoms with Crippen molar-refractivity contribution in [3.8, 4) is 28.3 Å². The van der Waals surface area contributed by atoms with Gasteiger partial charge in [-0.05, 0) is 45.2 Å². The molecule has 4 nitrogen and oxygen atoms in total. The average Bonchev–Trinajstić information content (AvgIpc) is 3.71. The molecule has 9 aromatic rings. The Morgan fingerprint density at radius 2 is 1.38 bits per heavy atom. The second kappa shape index (κ2) is 8.67. The van der Waals surface area contributed by atoms with Crippen LogP contribution in [0.15, 0.2) is 132 Å². The zero-order valence-corrected chi connectivity index (χ0v) is 24.9. The Morgan fingerprint density at radius 1 is 0.622 bits per heavy atom. The summed E-state index contributed by atoms with van der Waals surface area (Å²) in [7, 11) is 0. The van der Waals surface area contributed by atoms with Crippen LogP contribution >= 0.6 is 0 Å². The van der Waals surface area contributed by atoms with E-state index in [9.17, 15) is 0 Å². The number of fused-ring (bicyclic) bond motifs is 12. The predicted octanol–water partition coefficient (Wildman–Crippen LogP) is 10.6. The first-order valence-corrected chi connectivity index (χ1v) is 15.4. The van der Waals surface area contributed by atoms with Crippen molar-refractivity contribution in [2.24, 2.45) is 0 Å². The van der Waals surface area contributed by atoms with Gasteiger partial charge in [-0.2, -0.15) is 0 Å². The molecule has 212 valence electrons. The van der Waals surface area contributed by atoms with Gasteiger partial charge in [0, 0.05) is 21.8 Å². The molecule has 0 N–H and O–H groups in total. The standard InChI is InChI=1S/C41H27N3O/c1-41(2)31-18-10-8-16-27(31)29-21-22-30-28-17-9-11-19-32(28)44(37(30)35(29)41)40-38-36(42-39(43-40)25-13-4-3-5-14-25)34-26-15-7-6-12-24(26)20-23-33(34)45-38/h3-23H,1-2H3. The molecule has 6 aromatic carbocycles. The molecule has 0 bridgehead atoms. The van der Waals surface area contributed by atoms with Gasteiger partial charge in [0.1, 0.15) is 11.1 Å². The molecule has 3 heterocycles. The summed E-state index contributed by atoms with van der Waals surface area (Å²) in [5.41, 5.74) is 10.6. The van der Waals surface area contributed by atoms with Crippen LogP contribution < -0.4 is 0 Å². The largest absolute Gasteiger partial charge is 0.450 e. The van der Waals surface area contributed by atoms with Crippen LogP contribution in [0.5, 0.6) is 0 Å². The minimum Gasteiger partial charge on any atom is -0.450 e. The maximum absolute atomic E-state index is 6.79. The number of aromatic nitrogens is 3. The van der Waals surface area contributed by atoms with Gasteiger partial charge in [0.25, 0.3) is 0 Å². The third kappa shape index (κ3) is 3.21. The van der Waals surface area contributed by atoms with Crippen molar-refractivity contribution in [1.29, 1.82) is 0 Å². The van der Waals surface area contributed by atoms with E-state index in [4.69, 9.17) is 14.4 Å². The minimum atomic E-state index is -0.212. The fourth-order valence-corrected chi connectivity index (χ4v) is 7.79. The highest BCUT2D eigenvalue weighted by atomic mass is 16.3. The molecule has 0 unspecified atom stereocenters. The smallest absolute Gasteiger partial charge is 0.197 e. The maximum atomic E-state index is 6.79. The van der Waals surface area contributed by atoms with Crippen molar-refractivity contribution in [1.82, 2.24) is 14.5 Å². The molecule has 0 spiro atoms. The van der Waals surface area contributed by atoms with Crippen molar-refractivity contribution in [3.05, 3.63) is 139 Å². The first-order chi connectivity index (χ1) is 22.1. The summed E-state index contributed by atoms with van der Waals surface area (Å²) in [6, 6.07) is 45.0. The first kappa shape index (κ1) is 24.7. The molecule has 10 rings (SSSR count). The zero-order chi connectivity index (χ0) is 29.9. The van der Waals surface area contributed by atoms with Crippen LogP contribution in [0, 0.1) is 0 Å². The van der Waals surface area contributed by atoms with E-state index >= 15 is 0 Å². The van der Waals surface area contributed by atoms with Crippen LogP contribution in [-0.4, -0.2) is 14.5 Å². The molecule has 3 aromatic heterocycles. The van der Waals surface area contributed by atoms with Crippen LogP contribution in [0.1, 0.15) is 25.0 Å². The topological polar surface area (TPSA) is 43.9 Å². The lowest BCUT2D eigenvalue weighted by Gasteiger charge is -2.23. The Hall–Kier alpha value is -5.74. The number of hydrogen-bond donors (Lipinski definition) is 0. The summed E-state index contributed by atoms with van der Waals surface area (Å²) in [5, 5.41) is 5.69. The van der Waals surface area contributed by atoms with Gasteiger partial charge < -0.3 is 4.42 Å². The fourth-order valence-electron chi connectivity index (χ4n) is 7.79. The Balaban J connectivity index is 1.43. The number of furan rings is 1. The third-order valence-corrected chi connectivity index (χ3v) is 9.78. The van der Waals surface area contributed by atoms with Crippen LogP contribution in [0.25, 0.3) is 83.0 Å².